The van der Waals surface area contributed by atoms with Crippen LogP contribution in [0.5, 0.6) is 11.5 Å². The Hall–Kier alpha value is -1.59. The van der Waals surface area contributed by atoms with Gasteiger partial charge in [-0.05, 0) is 19.1 Å². The van der Waals surface area contributed by atoms with Crippen molar-refractivity contribution in [3.63, 3.8) is 0 Å². The van der Waals surface area contributed by atoms with E-state index >= 15 is 0 Å². The zero-order chi connectivity index (χ0) is 13.2. The minimum Gasteiger partial charge on any atom is -0.504 e. The number of phenols is 1. The number of nitrogens with zero attached hydrogens (tertiary/aromatic N) is 1. The first-order valence-electron chi connectivity index (χ1n) is 6.05. The second kappa shape index (κ2) is 8.49. The smallest absolute Gasteiger partial charge is 0.166 e. The minimum atomic E-state index is 0.117. The van der Waals surface area contributed by atoms with Crippen LogP contribution in [0.4, 0.5) is 0 Å². The Balaban J connectivity index is 2.50. The number of rotatable bonds is 8. The third kappa shape index (κ3) is 4.73. The summed E-state index contributed by atoms with van der Waals surface area (Å²) < 4.78 is 5.28. The summed E-state index contributed by atoms with van der Waals surface area (Å²) in [7, 11) is 0. The van der Waals surface area contributed by atoms with Crippen molar-refractivity contribution >= 4 is 6.21 Å². The standard InChI is InChI=1S/C13H20N2O3/c1-2-18-12-5-3-4-11(13(12)17)10-15-7-6-14-8-9-16/h3-5,10,14,16-17H,2,6-9H2,1H3/b15-10+. The molecule has 0 radical (unpaired) electrons. The predicted molar refractivity (Wildman–Crippen MR) is 71.7 cm³/mol. The van der Waals surface area contributed by atoms with E-state index in [0.717, 1.165) is 0 Å². The van der Waals surface area contributed by atoms with Crippen LogP contribution in [0.25, 0.3) is 0 Å². The average molecular weight is 252 g/mol. The molecule has 0 aliphatic rings. The van der Waals surface area contributed by atoms with E-state index in [0.29, 0.717) is 37.6 Å². The number of para-hydroxylation sites is 1. The van der Waals surface area contributed by atoms with Gasteiger partial charge in [0.1, 0.15) is 0 Å². The van der Waals surface area contributed by atoms with Crippen molar-refractivity contribution in [2.75, 3.05) is 32.8 Å². The maximum absolute atomic E-state index is 9.90. The minimum absolute atomic E-state index is 0.117. The Kier molecular flexibility index (Phi) is 6.83. The zero-order valence-electron chi connectivity index (χ0n) is 10.6. The molecule has 0 aliphatic heterocycles. The molecule has 5 nitrogen and oxygen atoms in total. The maximum atomic E-state index is 9.90. The number of hydrogen-bond acceptors (Lipinski definition) is 5. The molecule has 0 unspecified atom stereocenters. The van der Waals surface area contributed by atoms with E-state index in [1.807, 2.05) is 13.0 Å². The van der Waals surface area contributed by atoms with Crippen LogP contribution in [0, 0.1) is 0 Å². The van der Waals surface area contributed by atoms with Gasteiger partial charge in [-0.1, -0.05) is 6.07 Å². The molecule has 0 atom stereocenters. The molecule has 0 spiro atoms. The van der Waals surface area contributed by atoms with Gasteiger partial charge in [0, 0.05) is 24.9 Å². The summed E-state index contributed by atoms with van der Waals surface area (Å²) in [5.41, 5.74) is 0.642. The normalized spacial score (nSPS) is 11.0. The van der Waals surface area contributed by atoms with Gasteiger partial charge in [0.2, 0.25) is 0 Å². The molecule has 18 heavy (non-hydrogen) atoms. The monoisotopic (exact) mass is 252 g/mol. The van der Waals surface area contributed by atoms with Gasteiger partial charge in [-0.15, -0.1) is 0 Å². The van der Waals surface area contributed by atoms with Crippen molar-refractivity contribution in [3.05, 3.63) is 23.8 Å². The van der Waals surface area contributed by atoms with Crippen LogP contribution in [-0.2, 0) is 0 Å². The van der Waals surface area contributed by atoms with Crippen molar-refractivity contribution in [1.82, 2.24) is 5.32 Å². The molecule has 0 fully saturated rings. The van der Waals surface area contributed by atoms with Gasteiger partial charge < -0.3 is 20.3 Å². The molecule has 0 bridgehead atoms. The Morgan fingerprint density at radius 1 is 1.39 bits per heavy atom. The van der Waals surface area contributed by atoms with Crippen molar-refractivity contribution in [3.8, 4) is 11.5 Å². The van der Waals surface area contributed by atoms with E-state index in [-0.39, 0.29) is 12.4 Å². The highest BCUT2D eigenvalue weighted by Gasteiger charge is 2.05. The van der Waals surface area contributed by atoms with Crippen molar-refractivity contribution in [2.24, 2.45) is 4.99 Å². The molecule has 0 saturated carbocycles. The fourth-order valence-electron chi connectivity index (χ4n) is 1.43. The van der Waals surface area contributed by atoms with Gasteiger partial charge >= 0.3 is 0 Å². The molecule has 0 amide bonds. The molecule has 5 heteroatoms. The lowest BCUT2D eigenvalue weighted by molar-refractivity contribution is 0.293. The van der Waals surface area contributed by atoms with E-state index in [2.05, 4.69) is 10.3 Å². The highest BCUT2D eigenvalue weighted by atomic mass is 16.5. The van der Waals surface area contributed by atoms with E-state index in [9.17, 15) is 5.11 Å². The van der Waals surface area contributed by atoms with E-state index < -0.39 is 0 Å². The number of aromatic hydroxyl groups is 1. The number of aliphatic imine (C=N–C) groups is 1. The van der Waals surface area contributed by atoms with Crippen LogP contribution in [0.2, 0.25) is 0 Å². The quantitative estimate of drug-likeness (QED) is 0.472. The van der Waals surface area contributed by atoms with Gasteiger partial charge in [-0.25, -0.2) is 0 Å². The third-order valence-electron chi connectivity index (χ3n) is 2.27. The summed E-state index contributed by atoms with van der Waals surface area (Å²) in [6, 6.07) is 5.32. The fraction of sp³-hybridized carbons (Fsp3) is 0.462. The second-order valence-corrected chi connectivity index (χ2v) is 3.64. The maximum Gasteiger partial charge on any atom is 0.166 e. The first-order chi connectivity index (χ1) is 8.79. The molecule has 0 saturated heterocycles. The highest BCUT2D eigenvalue weighted by Crippen LogP contribution is 2.28. The summed E-state index contributed by atoms with van der Waals surface area (Å²) in [4.78, 5) is 4.19. The van der Waals surface area contributed by atoms with E-state index in [1.165, 1.54) is 0 Å². The van der Waals surface area contributed by atoms with Gasteiger partial charge in [-0.2, -0.15) is 0 Å². The number of aliphatic hydroxyl groups excluding tert-OH is 1. The fourth-order valence-corrected chi connectivity index (χ4v) is 1.43. The number of aliphatic hydroxyl groups is 1. The van der Waals surface area contributed by atoms with Crippen molar-refractivity contribution in [2.45, 2.75) is 6.92 Å². The van der Waals surface area contributed by atoms with Crippen molar-refractivity contribution in [1.29, 1.82) is 0 Å². The topological polar surface area (TPSA) is 74.1 Å². The molecule has 0 heterocycles. The molecule has 1 aromatic carbocycles. The molecular formula is C13H20N2O3. The third-order valence-corrected chi connectivity index (χ3v) is 2.27. The number of hydrogen-bond donors (Lipinski definition) is 3. The number of nitrogens with one attached hydrogen (secondary N) is 1. The Bertz CT molecular complexity index is 380. The summed E-state index contributed by atoms with van der Waals surface area (Å²) in [5, 5.41) is 21.5. The van der Waals surface area contributed by atoms with Crippen LogP contribution in [0.1, 0.15) is 12.5 Å². The first-order valence-corrected chi connectivity index (χ1v) is 6.05. The molecule has 1 rings (SSSR count). The molecule has 0 aromatic heterocycles. The molecule has 3 N–H and O–H groups in total. The van der Waals surface area contributed by atoms with Crippen LogP contribution < -0.4 is 10.1 Å². The van der Waals surface area contributed by atoms with Crippen LogP contribution in [0.3, 0.4) is 0 Å². The SMILES string of the molecule is CCOc1cccc(/C=N/CCNCCO)c1O. The summed E-state index contributed by atoms with van der Waals surface area (Å²) in [6.07, 6.45) is 1.62. The molecule has 100 valence electrons. The summed E-state index contributed by atoms with van der Waals surface area (Å²) in [5.74, 6) is 0.589. The molecule has 1 aromatic rings. The first kappa shape index (κ1) is 14.5. The Morgan fingerprint density at radius 2 is 2.22 bits per heavy atom. The molecular weight excluding hydrogens is 232 g/mol. The lowest BCUT2D eigenvalue weighted by Gasteiger charge is -2.07. The van der Waals surface area contributed by atoms with Gasteiger partial charge in [0.05, 0.1) is 19.8 Å². The second-order valence-electron chi connectivity index (χ2n) is 3.64. The summed E-state index contributed by atoms with van der Waals surface area (Å²) in [6.45, 7) is 4.37. The van der Waals surface area contributed by atoms with Gasteiger partial charge in [0.15, 0.2) is 11.5 Å². The van der Waals surface area contributed by atoms with Crippen LogP contribution >= 0.6 is 0 Å². The predicted octanol–water partition coefficient (Wildman–Crippen LogP) is 0.792. The zero-order valence-corrected chi connectivity index (χ0v) is 10.6. The van der Waals surface area contributed by atoms with Gasteiger partial charge in [0.25, 0.3) is 0 Å². The Morgan fingerprint density at radius 3 is 2.94 bits per heavy atom. The van der Waals surface area contributed by atoms with Crippen LogP contribution in [-0.4, -0.2) is 49.3 Å². The lowest BCUT2D eigenvalue weighted by Crippen LogP contribution is -2.21. The number of ether oxygens (including phenoxy) is 1. The number of phenolic OH excluding ortho intramolecular Hbond substituents is 1. The van der Waals surface area contributed by atoms with E-state index in [4.69, 9.17) is 9.84 Å². The average Bonchev–Trinajstić information content (AvgIpc) is 2.38. The number of benzene rings is 1. The largest absolute Gasteiger partial charge is 0.504 e. The van der Waals surface area contributed by atoms with E-state index in [1.54, 1.807) is 18.3 Å². The molecule has 0 aliphatic carbocycles. The van der Waals surface area contributed by atoms with Gasteiger partial charge in [-0.3, -0.25) is 4.99 Å². The highest BCUT2D eigenvalue weighted by molar-refractivity contribution is 5.84. The Labute approximate surface area is 107 Å². The van der Waals surface area contributed by atoms with Crippen LogP contribution in [0.15, 0.2) is 23.2 Å². The lowest BCUT2D eigenvalue weighted by atomic mass is 10.2. The summed E-state index contributed by atoms with van der Waals surface area (Å²) >= 11 is 0. The van der Waals surface area contributed by atoms with Crippen molar-refractivity contribution < 1.29 is 14.9 Å².